The maximum absolute atomic E-state index is 11.0. The Morgan fingerprint density at radius 1 is 1.40 bits per heavy atom. The zero-order valence-electron chi connectivity index (χ0n) is 9.71. The number of nitrogens with two attached hydrogens (primary N) is 1. The van der Waals surface area contributed by atoms with Gasteiger partial charge in [-0.05, 0) is 42.9 Å². The summed E-state index contributed by atoms with van der Waals surface area (Å²) in [5, 5.41) is 0. The first-order chi connectivity index (χ1) is 7.06. The molecule has 0 heterocycles. The molecule has 1 amide bonds. The van der Waals surface area contributed by atoms with E-state index in [0.29, 0.717) is 6.42 Å². The Labute approximate surface area is 91.5 Å². The van der Waals surface area contributed by atoms with Gasteiger partial charge in [0.1, 0.15) is 0 Å². The summed E-state index contributed by atoms with van der Waals surface area (Å²) in [4.78, 5) is 11.0. The zero-order chi connectivity index (χ0) is 11.4. The summed E-state index contributed by atoms with van der Waals surface area (Å²) in [7, 11) is 0. The van der Waals surface area contributed by atoms with E-state index in [1.807, 2.05) is 6.07 Å². The number of amides is 1. The van der Waals surface area contributed by atoms with Gasteiger partial charge in [-0.1, -0.05) is 25.1 Å². The predicted octanol–water partition coefficient (Wildman–Crippen LogP) is 2.67. The van der Waals surface area contributed by atoms with Crippen molar-refractivity contribution in [2.45, 2.75) is 39.5 Å². The Morgan fingerprint density at radius 2 is 2.07 bits per heavy atom. The SMILES string of the molecule is CCC(CC(N)=O)c1cccc(C)c1C. The van der Waals surface area contributed by atoms with Crippen LogP contribution in [-0.4, -0.2) is 5.91 Å². The van der Waals surface area contributed by atoms with Crippen LogP contribution in [0.25, 0.3) is 0 Å². The molecule has 0 saturated heterocycles. The second-order valence-electron chi connectivity index (χ2n) is 4.06. The van der Waals surface area contributed by atoms with Crippen LogP contribution in [0.2, 0.25) is 0 Å². The molecule has 0 aliphatic carbocycles. The van der Waals surface area contributed by atoms with Crippen LogP contribution < -0.4 is 5.73 Å². The molecule has 1 atom stereocenters. The monoisotopic (exact) mass is 205 g/mol. The molecule has 0 aliphatic heterocycles. The first-order valence-electron chi connectivity index (χ1n) is 5.40. The summed E-state index contributed by atoms with van der Waals surface area (Å²) in [6, 6.07) is 6.23. The molecule has 0 aromatic heterocycles. The van der Waals surface area contributed by atoms with Crippen molar-refractivity contribution in [3.05, 3.63) is 34.9 Å². The lowest BCUT2D eigenvalue weighted by Crippen LogP contribution is -2.15. The molecular formula is C13H19NO. The van der Waals surface area contributed by atoms with Crippen molar-refractivity contribution >= 4 is 5.91 Å². The molecule has 82 valence electrons. The first kappa shape index (κ1) is 11.8. The van der Waals surface area contributed by atoms with Crippen LogP contribution in [-0.2, 0) is 4.79 Å². The van der Waals surface area contributed by atoms with E-state index in [0.717, 1.165) is 6.42 Å². The van der Waals surface area contributed by atoms with Crippen molar-refractivity contribution in [3.63, 3.8) is 0 Å². The summed E-state index contributed by atoms with van der Waals surface area (Å²) in [6.45, 7) is 6.29. The van der Waals surface area contributed by atoms with Gasteiger partial charge in [0.25, 0.3) is 0 Å². The first-order valence-corrected chi connectivity index (χ1v) is 5.40. The van der Waals surface area contributed by atoms with Gasteiger partial charge in [0.2, 0.25) is 5.91 Å². The molecule has 0 bridgehead atoms. The minimum atomic E-state index is -0.220. The molecule has 1 unspecified atom stereocenters. The van der Waals surface area contributed by atoms with E-state index in [4.69, 9.17) is 5.73 Å². The smallest absolute Gasteiger partial charge is 0.218 e. The van der Waals surface area contributed by atoms with Gasteiger partial charge in [0, 0.05) is 6.42 Å². The lowest BCUT2D eigenvalue weighted by molar-refractivity contribution is -0.118. The van der Waals surface area contributed by atoms with Gasteiger partial charge >= 0.3 is 0 Å². The number of benzene rings is 1. The van der Waals surface area contributed by atoms with E-state index in [9.17, 15) is 4.79 Å². The highest BCUT2D eigenvalue weighted by Gasteiger charge is 2.14. The van der Waals surface area contributed by atoms with Gasteiger partial charge in [0.15, 0.2) is 0 Å². The second kappa shape index (κ2) is 4.96. The van der Waals surface area contributed by atoms with Gasteiger partial charge in [-0.15, -0.1) is 0 Å². The number of carbonyl (C=O) groups excluding carboxylic acids is 1. The molecule has 2 N–H and O–H groups in total. The Hall–Kier alpha value is -1.31. The number of rotatable bonds is 4. The van der Waals surface area contributed by atoms with Crippen molar-refractivity contribution in [1.82, 2.24) is 0 Å². The Bertz CT molecular complexity index is 358. The van der Waals surface area contributed by atoms with Crippen LogP contribution in [0.1, 0.15) is 42.4 Å². The van der Waals surface area contributed by atoms with Gasteiger partial charge in [-0.2, -0.15) is 0 Å². The third-order valence-electron chi connectivity index (χ3n) is 3.03. The Balaban J connectivity index is 3.01. The molecule has 0 aliphatic rings. The average molecular weight is 205 g/mol. The molecule has 15 heavy (non-hydrogen) atoms. The largest absolute Gasteiger partial charge is 0.370 e. The molecule has 0 spiro atoms. The lowest BCUT2D eigenvalue weighted by Gasteiger charge is -2.17. The molecule has 1 aromatic rings. The quantitative estimate of drug-likeness (QED) is 0.806. The molecule has 2 nitrogen and oxygen atoms in total. The normalized spacial score (nSPS) is 12.5. The van der Waals surface area contributed by atoms with Crippen molar-refractivity contribution < 1.29 is 4.79 Å². The summed E-state index contributed by atoms with van der Waals surface area (Å²) < 4.78 is 0. The van der Waals surface area contributed by atoms with Gasteiger partial charge in [-0.3, -0.25) is 4.79 Å². The molecular weight excluding hydrogens is 186 g/mol. The number of aryl methyl sites for hydroxylation is 1. The topological polar surface area (TPSA) is 43.1 Å². The summed E-state index contributed by atoms with van der Waals surface area (Å²) in [5.41, 5.74) is 9.07. The highest BCUT2D eigenvalue weighted by atomic mass is 16.1. The van der Waals surface area contributed by atoms with Crippen LogP contribution in [0.5, 0.6) is 0 Å². The van der Waals surface area contributed by atoms with E-state index < -0.39 is 0 Å². The Morgan fingerprint density at radius 3 is 2.60 bits per heavy atom. The molecule has 1 rings (SSSR count). The second-order valence-corrected chi connectivity index (χ2v) is 4.06. The maximum Gasteiger partial charge on any atom is 0.218 e. The van der Waals surface area contributed by atoms with Crippen molar-refractivity contribution in [2.24, 2.45) is 5.73 Å². The van der Waals surface area contributed by atoms with E-state index in [1.165, 1.54) is 16.7 Å². The highest BCUT2D eigenvalue weighted by Crippen LogP contribution is 2.27. The third-order valence-corrected chi connectivity index (χ3v) is 3.03. The van der Waals surface area contributed by atoms with E-state index in [-0.39, 0.29) is 11.8 Å². The van der Waals surface area contributed by atoms with Crippen LogP contribution >= 0.6 is 0 Å². The molecule has 0 fully saturated rings. The van der Waals surface area contributed by atoms with Crippen LogP contribution in [0.4, 0.5) is 0 Å². The van der Waals surface area contributed by atoms with Gasteiger partial charge in [0.05, 0.1) is 0 Å². The van der Waals surface area contributed by atoms with Gasteiger partial charge < -0.3 is 5.73 Å². The van der Waals surface area contributed by atoms with Gasteiger partial charge in [-0.25, -0.2) is 0 Å². The van der Waals surface area contributed by atoms with Crippen molar-refractivity contribution in [3.8, 4) is 0 Å². The number of carbonyl (C=O) groups is 1. The maximum atomic E-state index is 11.0. The fourth-order valence-corrected chi connectivity index (χ4v) is 1.93. The Kier molecular flexibility index (Phi) is 3.89. The van der Waals surface area contributed by atoms with Crippen molar-refractivity contribution in [2.75, 3.05) is 0 Å². The highest BCUT2D eigenvalue weighted by molar-refractivity contribution is 5.74. The third kappa shape index (κ3) is 2.82. The number of hydrogen-bond donors (Lipinski definition) is 1. The number of hydrogen-bond acceptors (Lipinski definition) is 1. The standard InChI is InChI=1S/C13H19NO/c1-4-11(8-13(14)15)12-7-5-6-9(2)10(12)3/h5-7,11H,4,8H2,1-3H3,(H2,14,15). The van der Waals surface area contributed by atoms with Crippen molar-refractivity contribution in [1.29, 1.82) is 0 Å². The predicted molar refractivity (Wildman–Crippen MR) is 62.8 cm³/mol. The summed E-state index contributed by atoms with van der Waals surface area (Å²) in [6.07, 6.45) is 1.40. The van der Waals surface area contributed by atoms with Crippen LogP contribution in [0.3, 0.4) is 0 Å². The number of primary amides is 1. The molecule has 2 heteroatoms. The summed E-state index contributed by atoms with van der Waals surface area (Å²) >= 11 is 0. The molecule has 0 radical (unpaired) electrons. The van der Waals surface area contributed by atoms with Crippen LogP contribution in [0.15, 0.2) is 18.2 Å². The van der Waals surface area contributed by atoms with E-state index >= 15 is 0 Å². The van der Waals surface area contributed by atoms with E-state index in [1.54, 1.807) is 0 Å². The fourth-order valence-electron chi connectivity index (χ4n) is 1.93. The molecule has 1 aromatic carbocycles. The summed E-state index contributed by atoms with van der Waals surface area (Å²) in [5.74, 6) is 0.0464. The minimum Gasteiger partial charge on any atom is -0.370 e. The molecule has 0 saturated carbocycles. The van der Waals surface area contributed by atoms with E-state index in [2.05, 4.69) is 32.9 Å². The zero-order valence-corrected chi connectivity index (χ0v) is 9.71. The van der Waals surface area contributed by atoms with Crippen LogP contribution in [0, 0.1) is 13.8 Å². The lowest BCUT2D eigenvalue weighted by atomic mass is 9.88. The minimum absolute atomic E-state index is 0.220. The average Bonchev–Trinajstić information content (AvgIpc) is 2.19. The fraction of sp³-hybridized carbons (Fsp3) is 0.462.